The molecule has 1 aliphatic heterocycles. The molecular weight excluding hydrogens is 380 g/mol. The van der Waals surface area contributed by atoms with Crippen LogP contribution in [-0.2, 0) is 0 Å². The highest BCUT2D eigenvalue weighted by Gasteiger charge is 2.24. The first-order valence-corrected chi connectivity index (χ1v) is 10.6. The lowest BCUT2D eigenvalue weighted by molar-refractivity contribution is 0.0663. The summed E-state index contributed by atoms with van der Waals surface area (Å²) in [6.45, 7) is 4.60. The van der Waals surface area contributed by atoms with Crippen LogP contribution in [-0.4, -0.2) is 61.5 Å². The van der Waals surface area contributed by atoms with Crippen LogP contribution < -0.4 is 20.7 Å². The standard InChI is InChI=1S/C23H30N4O3/c24-23(29)25-19-5-9-22(10-6-19)30-16-21(28)15-26-11-13-27(14-12-26)20-7-3-18(4-8-20)17-1-2-17/h3-10,17,21,28H,1-2,11-16H2,(H3,24,25,29)/t21-/m1/s1. The van der Waals surface area contributed by atoms with Crippen LogP contribution >= 0.6 is 0 Å². The number of hydrogen-bond acceptors (Lipinski definition) is 5. The monoisotopic (exact) mass is 410 g/mol. The number of nitrogens with two attached hydrogens (primary N) is 1. The summed E-state index contributed by atoms with van der Waals surface area (Å²) in [6.07, 6.45) is 2.11. The Morgan fingerprint density at radius 1 is 1.07 bits per heavy atom. The van der Waals surface area contributed by atoms with E-state index in [1.54, 1.807) is 24.3 Å². The molecule has 2 aliphatic rings. The van der Waals surface area contributed by atoms with Gasteiger partial charge in [0.05, 0.1) is 0 Å². The topological polar surface area (TPSA) is 91.1 Å². The van der Waals surface area contributed by atoms with E-state index in [2.05, 4.69) is 39.4 Å². The van der Waals surface area contributed by atoms with Gasteiger partial charge in [0.1, 0.15) is 18.5 Å². The van der Waals surface area contributed by atoms with E-state index in [4.69, 9.17) is 10.5 Å². The molecule has 4 rings (SSSR count). The molecule has 0 aromatic heterocycles. The fourth-order valence-electron chi connectivity index (χ4n) is 3.88. The number of ether oxygens (including phenoxy) is 1. The molecule has 1 aliphatic carbocycles. The number of aliphatic hydroxyl groups is 1. The molecule has 1 heterocycles. The van der Waals surface area contributed by atoms with Crippen molar-refractivity contribution in [3.05, 3.63) is 54.1 Å². The molecule has 160 valence electrons. The van der Waals surface area contributed by atoms with Gasteiger partial charge in [0.25, 0.3) is 0 Å². The third-order valence-electron chi connectivity index (χ3n) is 5.71. The molecule has 4 N–H and O–H groups in total. The number of benzene rings is 2. The summed E-state index contributed by atoms with van der Waals surface area (Å²) in [5.74, 6) is 1.44. The Bertz CT molecular complexity index is 829. The molecule has 30 heavy (non-hydrogen) atoms. The first-order chi connectivity index (χ1) is 14.6. The van der Waals surface area contributed by atoms with E-state index < -0.39 is 12.1 Å². The molecule has 0 bridgehead atoms. The predicted molar refractivity (Wildman–Crippen MR) is 118 cm³/mol. The first kappa shape index (κ1) is 20.5. The Morgan fingerprint density at radius 2 is 1.73 bits per heavy atom. The fraction of sp³-hybridized carbons (Fsp3) is 0.435. The fourth-order valence-corrected chi connectivity index (χ4v) is 3.88. The SMILES string of the molecule is NC(=O)Nc1ccc(OC[C@H](O)CN2CCN(c3ccc(C4CC4)cc3)CC2)cc1. The van der Waals surface area contributed by atoms with Crippen LogP contribution in [0.5, 0.6) is 5.75 Å². The molecule has 7 heteroatoms. The third kappa shape index (κ3) is 5.64. The van der Waals surface area contributed by atoms with Gasteiger partial charge in [-0.05, 0) is 60.7 Å². The largest absolute Gasteiger partial charge is 0.491 e. The number of anilines is 2. The summed E-state index contributed by atoms with van der Waals surface area (Å²) in [4.78, 5) is 15.5. The van der Waals surface area contributed by atoms with Crippen LogP contribution in [0.2, 0.25) is 0 Å². The summed E-state index contributed by atoms with van der Waals surface area (Å²) in [6, 6.07) is 15.3. The van der Waals surface area contributed by atoms with E-state index >= 15 is 0 Å². The van der Waals surface area contributed by atoms with Gasteiger partial charge >= 0.3 is 6.03 Å². The van der Waals surface area contributed by atoms with E-state index in [-0.39, 0.29) is 6.61 Å². The smallest absolute Gasteiger partial charge is 0.316 e. The van der Waals surface area contributed by atoms with Crippen LogP contribution in [0.1, 0.15) is 24.3 Å². The second-order valence-electron chi connectivity index (χ2n) is 8.13. The summed E-state index contributed by atoms with van der Waals surface area (Å²) in [5, 5.41) is 12.9. The minimum atomic E-state index is -0.602. The normalized spacial score (nSPS) is 18.1. The quantitative estimate of drug-likeness (QED) is 0.622. The highest BCUT2D eigenvalue weighted by atomic mass is 16.5. The first-order valence-electron chi connectivity index (χ1n) is 10.6. The van der Waals surface area contributed by atoms with E-state index in [0.29, 0.717) is 18.0 Å². The van der Waals surface area contributed by atoms with Gasteiger partial charge in [0.15, 0.2) is 0 Å². The number of nitrogens with zero attached hydrogens (tertiary/aromatic N) is 2. The van der Waals surface area contributed by atoms with Crippen molar-refractivity contribution in [2.24, 2.45) is 5.73 Å². The number of hydrogen-bond donors (Lipinski definition) is 3. The van der Waals surface area contributed by atoms with Gasteiger partial charge in [0.2, 0.25) is 0 Å². The molecule has 1 saturated carbocycles. The van der Waals surface area contributed by atoms with Crippen molar-refractivity contribution >= 4 is 17.4 Å². The molecule has 0 radical (unpaired) electrons. The molecule has 1 atom stereocenters. The highest BCUT2D eigenvalue weighted by molar-refractivity contribution is 5.87. The maximum atomic E-state index is 10.8. The van der Waals surface area contributed by atoms with E-state index in [1.165, 1.54) is 24.1 Å². The van der Waals surface area contributed by atoms with Crippen LogP contribution in [0.4, 0.5) is 16.2 Å². The number of β-amino-alcohol motifs (C(OH)–C–C–N with tert-alkyl or cyclic N) is 1. The number of rotatable bonds is 8. The van der Waals surface area contributed by atoms with E-state index in [1.807, 2.05) is 0 Å². The van der Waals surface area contributed by atoms with Crippen molar-refractivity contribution in [3.8, 4) is 5.75 Å². The number of amides is 2. The van der Waals surface area contributed by atoms with Crippen molar-refractivity contribution in [2.45, 2.75) is 24.9 Å². The number of piperazine rings is 1. The van der Waals surface area contributed by atoms with Crippen LogP contribution in [0.25, 0.3) is 0 Å². The Kier molecular flexibility index (Phi) is 6.40. The maximum absolute atomic E-state index is 10.8. The zero-order chi connectivity index (χ0) is 20.9. The summed E-state index contributed by atoms with van der Waals surface area (Å²) in [5.41, 5.74) is 8.46. The maximum Gasteiger partial charge on any atom is 0.316 e. The minimum absolute atomic E-state index is 0.228. The van der Waals surface area contributed by atoms with Gasteiger partial charge in [-0.1, -0.05) is 12.1 Å². The Morgan fingerprint density at radius 3 is 2.33 bits per heavy atom. The molecule has 7 nitrogen and oxygen atoms in total. The number of nitrogens with one attached hydrogen (secondary N) is 1. The molecule has 0 spiro atoms. The van der Waals surface area contributed by atoms with Gasteiger partial charge < -0.3 is 25.8 Å². The lowest BCUT2D eigenvalue weighted by atomic mass is 10.1. The predicted octanol–water partition coefficient (Wildman–Crippen LogP) is 2.62. The van der Waals surface area contributed by atoms with Crippen LogP contribution in [0, 0.1) is 0 Å². The number of urea groups is 1. The Balaban J connectivity index is 1.17. The van der Waals surface area contributed by atoms with E-state index in [0.717, 1.165) is 32.1 Å². The third-order valence-corrected chi connectivity index (χ3v) is 5.71. The lowest BCUT2D eigenvalue weighted by Gasteiger charge is -2.37. The van der Waals surface area contributed by atoms with Crippen molar-refractivity contribution < 1.29 is 14.6 Å². The average Bonchev–Trinajstić information content (AvgIpc) is 3.59. The summed E-state index contributed by atoms with van der Waals surface area (Å²) in [7, 11) is 0. The average molecular weight is 411 g/mol. The molecule has 0 unspecified atom stereocenters. The van der Waals surface area contributed by atoms with Gasteiger partial charge in [-0.25, -0.2) is 4.79 Å². The molecule has 2 fully saturated rings. The van der Waals surface area contributed by atoms with Gasteiger partial charge in [0, 0.05) is 44.1 Å². The second kappa shape index (κ2) is 9.36. The van der Waals surface area contributed by atoms with Crippen LogP contribution in [0.15, 0.2) is 48.5 Å². The molecule has 2 amide bonds. The zero-order valence-corrected chi connectivity index (χ0v) is 17.2. The van der Waals surface area contributed by atoms with Gasteiger partial charge in [-0.3, -0.25) is 4.90 Å². The Hall–Kier alpha value is -2.77. The van der Waals surface area contributed by atoms with Gasteiger partial charge in [-0.15, -0.1) is 0 Å². The Labute approximate surface area is 177 Å². The molecule has 2 aromatic carbocycles. The van der Waals surface area contributed by atoms with E-state index in [9.17, 15) is 9.90 Å². The number of carbonyl (C=O) groups excluding carboxylic acids is 1. The summed E-state index contributed by atoms with van der Waals surface area (Å²) >= 11 is 0. The van der Waals surface area contributed by atoms with Crippen molar-refractivity contribution in [1.29, 1.82) is 0 Å². The second-order valence-corrected chi connectivity index (χ2v) is 8.13. The molecule has 1 saturated heterocycles. The zero-order valence-electron chi connectivity index (χ0n) is 17.2. The highest BCUT2D eigenvalue weighted by Crippen LogP contribution is 2.40. The lowest BCUT2D eigenvalue weighted by Crippen LogP contribution is -2.49. The number of primary amides is 1. The number of aliphatic hydroxyl groups excluding tert-OH is 1. The molecule has 2 aromatic rings. The van der Waals surface area contributed by atoms with Crippen molar-refractivity contribution in [3.63, 3.8) is 0 Å². The summed E-state index contributed by atoms with van der Waals surface area (Å²) < 4.78 is 5.66. The van der Waals surface area contributed by atoms with Crippen LogP contribution in [0.3, 0.4) is 0 Å². The van der Waals surface area contributed by atoms with Gasteiger partial charge in [-0.2, -0.15) is 0 Å². The number of carbonyl (C=O) groups is 1. The molecular formula is C23H30N4O3. The van der Waals surface area contributed by atoms with Crippen molar-refractivity contribution in [1.82, 2.24) is 4.90 Å². The van der Waals surface area contributed by atoms with Crippen molar-refractivity contribution in [2.75, 3.05) is 49.5 Å². The minimum Gasteiger partial charge on any atom is -0.491 e.